The lowest BCUT2D eigenvalue weighted by atomic mass is 9.91. The van der Waals surface area contributed by atoms with Crippen molar-refractivity contribution in [1.82, 2.24) is 14.9 Å². The molecule has 0 bridgehead atoms. The van der Waals surface area contributed by atoms with Crippen LogP contribution in [-0.2, 0) is 11.0 Å². The topological polar surface area (TPSA) is 95.4 Å². The van der Waals surface area contributed by atoms with E-state index in [4.69, 9.17) is 28.3 Å². The number of halogens is 5. The molecular weight excluding hydrogens is 640 g/mol. The first kappa shape index (κ1) is 37.0. The zero-order valence-electron chi connectivity index (χ0n) is 25.9. The minimum absolute atomic E-state index is 0.111. The summed E-state index contributed by atoms with van der Waals surface area (Å²) in [5.74, 6) is -1.47. The predicted octanol–water partition coefficient (Wildman–Crippen LogP) is 9.23. The molecule has 1 fully saturated rings. The summed E-state index contributed by atoms with van der Waals surface area (Å²) in [5, 5.41) is 12.1. The number of benzene rings is 1. The molecule has 248 valence electrons. The van der Waals surface area contributed by atoms with E-state index in [9.17, 15) is 22.8 Å². The second kappa shape index (κ2) is 18.0. The van der Waals surface area contributed by atoms with Gasteiger partial charge < -0.3 is 10.4 Å². The standard InChI is InChI=1S/C26H23Cl2F3N4O.C8H16O2/c27-20-5-3-17(4-6-20)2-1-13-35-14-10-18(11-15-35)24-21(7-8-22(34-24)26(29,30)31)33-25(36)19-9-12-32-23(28)16-19;1-3-5-6-7(4-2)8(9)10/h1-9,12,16,18H,10-11,13-15H2,(H,33,36);7H,3-6H2,1-2H3,(H,9,10). The van der Waals surface area contributed by atoms with Crippen LogP contribution in [0.5, 0.6) is 0 Å². The Kier molecular flexibility index (Phi) is 14.5. The first-order valence-corrected chi connectivity index (χ1v) is 16.0. The monoisotopic (exact) mass is 678 g/mol. The molecule has 46 heavy (non-hydrogen) atoms. The van der Waals surface area contributed by atoms with Gasteiger partial charge in [0.15, 0.2) is 0 Å². The quantitative estimate of drug-likeness (QED) is 0.196. The molecule has 1 amide bonds. The summed E-state index contributed by atoms with van der Waals surface area (Å²) in [6.07, 6.45) is 5.82. The number of aliphatic carboxylic acids is 1. The number of rotatable bonds is 11. The molecule has 0 spiro atoms. The molecule has 1 unspecified atom stereocenters. The van der Waals surface area contributed by atoms with Crippen molar-refractivity contribution in [3.63, 3.8) is 0 Å². The number of amides is 1. The van der Waals surface area contributed by atoms with E-state index in [1.165, 1.54) is 24.4 Å². The molecule has 4 rings (SSSR count). The van der Waals surface area contributed by atoms with Gasteiger partial charge in [0, 0.05) is 29.2 Å². The molecule has 0 aliphatic carbocycles. The number of carboxylic acid groups (broad SMARTS) is 1. The van der Waals surface area contributed by atoms with Crippen LogP contribution >= 0.6 is 23.2 Å². The molecule has 1 aliphatic heterocycles. The highest BCUT2D eigenvalue weighted by Crippen LogP contribution is 2.36. The molecule has 1 atom stereocenters. The number of aromatic nitrogens is 2. The molecule has 0 saturated carbocycles. The van der Waals surface area contributed by atoms with Gasteiger partial charge >= 0.3 is 12.1 Å². The number of piperidine rings is 1. The van der Waals surface area contributed by atoms with Crippen LogP contribution < -0.4 is 5.32 Å². The van der Waals surface area contributed by atoms with Crippen molar-refractivity contribution in [2.75, 3.05) is 25.0 Å². The number of unbranched alkanes of at least 4 members (excludes halogenated alkanes) is 1. The van der Waals surface area contributed by atoms with Gasteiger partial charge in [0.2, 0.25) is 0 Å². The predicted molar refractivity (Wildman–Crippen MR) is 176 cm³/mol. The van der Waals surface area contributed by atoms with Crippen LogP contribution in [0.15, 0.2) is 60.8 Å². The molecule has 12 heteroatoms. The van der Waals surface area contributed by atoms with Gasteiger partial charge in [0.25, 0.3) is 5.91 Å². The van der Waals surface area contributed by atoms with Gasteiger partial charge in [-0.3, -0.25) is 14.5 Å². The van der Waals surface area contributed by atoms with Gasteiger partial charge in [-0.1, -0.05) is 74.2 Å². The normalized spacial score (nSPS) is 14.8. The lowest BCUT2D eigenvalue weighted by molar-refractivity contribution is -0.142. The van der Waals surface area contributed by atoms with E-state index in [1.807, 2.05) is 37.3 Å². The average molecular weight is 680 g/mol. The highest BCUT2D eigenvalue weighted by atomic mass is 35.5. The van der Waals surface area contributed by atoms with Crippen molar-refractivity contribution in [2.45, 2.75) is 64.5 Å². The summed E-state index contributed by atoms with van der Waals surface area (Å²) in [4.78, 5) is 33.2. The van der Waals surface area contributed by atoms with E-state index in [2.05, 4.69) is 33.2 Å². The van der Waals surface area contributed by atoms with Gasteiger partial charge in [-0.05, 0) is 80.7 Å². The molecule has 3 heterocycles. The Morgan fingerprint density at radius 3 is 2.37 bits per heavy atom. The summed E-state index contributed by atoms with van der Waals surface area (Å²) in [6, 6.07) is 12.5. The Labute approximate surface area is 277 Å². The fourth-order valence-electron chi connectivity index (χ4n) is 5.04. The Balaban J connectivity index is 0.000000498. The van der Waals surface area contributed by atoms with E-state index in [-0.39, 0.29) is 33.9 Å². The molecule has 1 saturated heterocycles. The van der Waals surface area contributed by atoms with Gasteiger partial charge in [-0.2, -0.15) is 13.2 Å². The number of carboxylic acids is 1. The zero-order valence-corrected chi connectivity index (χ0v) is 27.4. The van der Waals surface area contributed by atoms with Crippen LogP contribution in [-0.4, -0.2) is 51.5 Å². The van der Waals surface area contributed by atoms with Crippen molar-refractivity contribution in [3.05, 3.63) is 93.5 Å². The summed E-state index contributed by atoms with van der Waals surface area (Å²) in [6.45, 7) is 6.11. The maximum Gasteiger partial charge on any atom is 0.433 e. The number of carbonyl (C=O) groups excluding carboxylic acids is 1. The van der Waals surface area contributed by atoms with Crippen molar-refractivity contribution in [2.24, 2.45) is 5.92 Å². The second-order valence-corrected chi connectivity index (χ2v) is 11.9. The molecule has 7 nitrogen and oxygen atoms in total. The molecule has 2 aromatic heterocycles. The first-order chi connectivity index (χ1) is 21.9. The zero-order chi connectivity index (χ0) is 33.7. The molecule has 0 radical (unpaired) electrons. The Morgan fingerprint density at radius 2 is 1.78 bits per heavy atom. The largest absolute Gasteiger partial charge is 0.481 e. The van der Waals surface area contributed by atoms with Crippen LogP contribution in [0.3, 0.4) is 0 Å². The van der Waals surface area contributed by atoms with Crippen LogP contribution in [0.25, 0.3) is 6.08 Å². The molecule has 2 N–H and O–H groups in total. The van der Waals surface area contributed by atoms with Crippen LogP contribution in [0.2, 0.25) is 10.2 Å². The van der Waals surface area contributed by atoms with E-state index in [1.54, 1.807) is 0 Å². The van der Waals surface area contributed by atoms with Crippen molar-refractivity contribution in [1.29, 1.82) is 0 Å². The van der Waals surface area contributed by atoms with Gasteiger partial charge in [-0.25, -0.2) is 9.97 Å². The Morgan fingerprint density at radius 1 is 1.09 bits per heavy atom. The Bertz CT molecular complexity index is 1460. The number of likely N-dealkylation sites (tertiary alicyclic amines) is 1. The third kappa shape index (κ3) is 11.7. The number of alkyl halides is 3. The van der Waals surface area contributed by atoms with Crippen molar-refractivity contribution in [3.8, 4) is 0 Å². The van der Waals surface area contributed by atoms with E-state index in [0.717, 1.165) is 43.9 Å². The SMILES string of the molecule is CCCCC(CC)C(=O)O.O=C(Nc1ccc(C(F)(F)F)nc1C1CCN(CC=Cc2ccc(Cl)cc2)CC1)c1ccnc(Cl)c1. The highest BCUT2D eigenvalue weighted by molar-refractivity contribution is 6.30. The fourth-order valence-corrected chi connectivity index (χ4v) is 5.34. The highest BCUT2D eigenvalue weighted by Gasteiger charge is 2.34. The maximum absolute atomic E-state index is 13.4. The van der Waals surface area contributed by atoms with Gasteiger partial charge in [0.05, 0.1) is 17.3 Å². The molecular formula is C34H39Cl2F3N4O3. The summed E-state index contributed by atoms with van der Waals surface area (Å²) >= 11 is 11.8. The Hall–Kier alpha value is -3.47. The number of carbonyl (C=O) groups is 2. The van der Waals surface area contributed by atoms with Crippen LogP contribution in [0.4, 0.5) is 18.9 Å². The number of nitrogens with zero attached hydrogens (tertiary/aromatic N) is 3. The number of nitrogens with one attached hydrogen (secondary N) is 1. The smallest absolute Gasteiger partial charge is 0.433 e. The fraction of sp³-hybridized carbons (Fsp3) is 0.412. The van der Waals surface area contributed by atoms with E-state index in [0.29, 0.717) is 31.0 Å². The van der Waals surface area contributed by atoms with Crippen molar-refractivity contribution < 1.29 is 27.9 Å². The molecule has 1 aliphatic rings. The third-order valence-corrected chi connectivity index (χ3v) is 8.18. The van der Waals surface area contributed by atoms with E-state index < -0.39 is 23.7 Å². The number of hydrogen-bond donors (Lipinski definition) is 2. The lowest BCUT2D eigenvalue weighted by Gasteiger charge is -2.32. The number of pyridine rings is 2. The first-order valence-electron chi connectivity index (χ1n) is 15.3. The summed E-state index contributed by atoms with van der Waals surface area (Å²) in [5.41, 5.74) is 0.828. The second-order valence-electron chi connectivity index (χ2n) is 11.1. The number of anilines is 1. The average Bonchev–Trinajstić information content (AvgIpc) is 3.02. The summed E-state index contributed by atoms with van der Waals surface area (Å²) < 4.78 is 40.2. The third-order valence-electron chi connectivity index (χ3n) is 7.72. The van der Waals surface area contributed by atoms with Crippen molar-refractivity contribution >= 4 is 46.8 Å². The molecule has 3 aromatic rings. The van der Waals surface area contributed by atoms with Crippen LogP contribution in [0.1, 0.15) is 85.6 Å². The van der Waals surface area contributed by atoms with Gasteiger partial charge in [0.1, 0.15) is 10.8 Å². The minimum Gasteiger partial charge on any atom is -0.481 e. The minimum atomic E-state index is -4.58. The van der Waals surface area contributed by atoms with Gasteiger partial charge in [-0.15, -0.1) is 0 Å². The molecule has 1 aromatic carbocycles. The van der Waals surface area contributed by atoms with Crippen LogP contribution in [0, 0.1) is 5.92 Å². The maximum atomic E-state index is 13.4. The number of hydrogen-bond acceptors (Lipinski definition) is 5. The van der Waals surface area contributed by atoms with E-state index >= 15 is 0 Å². The summed E-state index contributed by atoms with van der Waals surface area (Å²) in [7, 11) is 0. The lowest BCUT2D eigenvalue weighted by Crippen LogP contribution is -2.33.